The normalized spacial score (nSPS) is 14.9. The average Bonchev–Trinajstić information content (AvgIpc) is 2.37. The molecule has 1 aromatic carbocycles. The van der Waals surface area contributed by atoms with Crippen molar-refractivity contribution in [1.82, 2.24) is 0 Å². The smallest absolute Gasteiger partial charge is 0.453 e. The summed E-state index contributed by atoms with van der Waals surface area (Å²) in [6, 6.07) is 6.30. The molecule has 118 valence electrons. The fourth-order valence-corrected chi connectivity index (χ4v) is 2.30. The van der Waals surface area contributed by atoms with E-state index >= 15 is 0 Å². The van der Waals surface area contributed by atoms with E-state index in [9.17, 15) is 26.2 Å². The molecule has 0 spiro atoms. The first-order valence-electron chi connectivity index (χ1n) is 5.73. The Bertz CT molecular complexity index is 534. The van der Waals surface area contributed by atoms with Crippen LogP contribution in [-0.2, 0) is 15.5 Å². The summed E-state index contributed by atoms with van der Waals surface area (Å²) in [4.78, 5) is 0.283. The van der Waals surface area contributed by atoms with Crippen molar-refractivity contribution in [3.05, 3.63) is 41.0 Å². The molecule has 0 saturated heterocycles. The zero-order valence-corrected chi connectivity index (χ0v) is 12.0. The van der Waals surface area contributed by atoms with E-state index in [0.717, 1.165) is 18.1 Å². The van der Waals surface area contributed by atoms with Gasteiger partial charge in [-0.3, -0.25) is 0 Å². The molecular weight excluding hydrogens is 315 g/mol. The fourth-order valence-electron chi connectivity index (χ4n) is 1.34. The van der Waals surface area contributed by atoms with Crippen LogP contribution in [0, 0.1) is 6.92 Å². The van der Waals surface area contributed by atoms with E-state index in [-0.39, 0.29) is 4.90 Å². The van der Waals surface area contributed by atoms with Crippen molar-refractivity contribution in [3.8, 4) is 0 Å². The molecule has 0 bridgehead atoms. The van der Waals surface area contributed by atoms with Gasteiger partial charge in [0.05, 0.1) is 24.3 Å². The van der Waals surface area contributed by atoms with Crippen LogP contribution in [0.2, 0.25) is 0 Å². The third-order valence-electron chi connectivity index (χ3n) is 2.56. The van der Waals surface area contributed by atoms with Crippen molar-refractivity contribution < 1.29 is 30.9 Å². The van der Waals surface area contributed by atoms with E-state index in [2.05, 4.69) is 4.74 Å². The summed E-state index contributed by atoms with van der Waals surface area (Å²) in [5, 5.41) is 0.754. The molecule has 0 heterocycles. The monoisotopic (exact) mass is 328 g/mol. The molecule has 0 unspecified atom stereocenters. The van der Waals surface area contributed by atoms with Crippen LogP contribution in [0.15, 0.2) is 40.3 Å². The quantitative estimate of drug-likeness (QED) is 0.599. The maximum absolute atomic E-state index is 12.9. The third-order valence-corrected chi connectivity index (χ3v) is 3.78. The lowest BCUT2D eigenvalue weighted by atomic mass is 10.2. The first kappa shape index (κ1) is 17.6. The minimum Gasteiger partial charge on any atom is -0.500 e. The number of benzene rings is 1. The van der Waals surface area contributed by atoms with Gasteiger partial charge in [0.25, 0.3) is 0 Å². The van der Waals surface area contributed by atoms with Crippen molar-refractivity contribution in [2.24, 2.45) is 0 Å². The summed E-state index contributed by atoms with van der Waals surface area (Å²) in [7, 11) is -0.922. The Balaban J connectivity index is 2.94. The second-order valence-electron chi connectivity index (χ2n) is 4.28. The summed E-state index contributed by atoms with van der Waals surface area (Å²) in [5.41, 5.74) is 0.898. The van der Waals surface area contributed by atoms with Crippen molar-refractivity contribution in [3.63, 3.8) is 0 Å². The summed E-state index contributed by atoms with van der Waals surface area (Å²) in [5.74, 6) is -5.62. The summed E-state index contributed by atoms with van der Waals surface area (Å²) >= 11 is 0. The van der Waals surface area contributed by atoms with Gasteiger partial charge in [0.1, 0.15) is 5.76 Å². The molecule has 0 radical (unpaired) electrons. The molecule has 1 atom stereocenters. The van der Waals surface area contributed by atoms with Crippen LogP contribution in [-0.4, -0.2) is 23.4 Å². The second kappa shape index (κ2) is 6.55. The summed E-state index contributed by atoms with van der Waals surface area (Å²) in [6.07, 6.45) is -7.37. The Morgan fingerprint density at radius 2 is 1.71 bits per heavy atom. The molecule has 0 aliphatic heterocycles. The number of aryl methyl sites for hydroxylation is 1. The molecule has 0 saturated carbocycles. The van der Waals surface area contributed by atoms with E-state index in [1.165, 1.54) is 12.1 Å². The molecule has 21 heavy (non-hydrogen) atoms. The van der Waals surface area contributed by atoms with Crippen molar-refractivity contribution in [2.45, 2.75) is 30.3 Å². The van der Waals surface area contributed by atoms with E-state index < -0.39 is 35.1 Å². The van der Waals surface area contributed by atoms with E-state index in [1.54, 1.807) is 19.1 Å². The highest BCUT2D eigenvalue weighted by Gasteiger charge is 2.57. The number of rotatable bonds is 5. The van der Waals surface area contributed by atoms with Gasteiger partial charge in [-0.2, -0.15) is 22.0 Å². The molecule has 0 amide bonds. The van der Waals surface area contributed by atoms with Crippen LogP contribution >= 0.6 is 0 Å². The SMILES string of the molecule is CO/C(=C\[S@@](=O)c1ccc(C)cc1)CC(F)(F)C(F)(F)F. The van der Waals surface area contributed by atoms with Crippen molar-refractivity contribution >= 4 is 10.8 Å². The van der Waals surface area contributed by atoms with Gasteiger partial charge in [-0.25, -0.2) is 4.21 Å². The first-order valence-corrected chi connectivity index (χ1v) is 6.94. The number of ether oxygens (including phenoxy) is 1. The molecule has 1 rings (SSSR count). The Labute approximate surface area is 121 Å². The highest BCUT2D eigenvalue weighted by Crippen LogP contribution is 2.40. The van der Waals surface area contributed by atoms with Gasteiger partial charge in [-0.15, -0.1) is 0 Å². The zero-order chi connectivity index (χ0) is 16.3. The fraction of sp³-hybridized carbons (Fsp3) is 0.385. The molecule has 0 aliphatic rings. The lowest BCUT2D eigenvalue weighted by Gasteiger charge is -2.20. The Morgan fingerprint density at radius 3 is 2.14 bits per heavy atom. The molecule has 0 fully saturated rings. The molecular formula is C13H13F5O2S. The van der Waals surface area contributed by atoms with Crippen LogP contribution in [0.5, 0.6) is 0 Å². The van der Waals surface area contributed by atoms with Crippen molar-refractivity contribution in [2.75, 3.05) is 7.11 Å². The molecule has 0 aromatic heterocycles. The predicted molar refractivity (Wildman–Crippen MR) is 68.3 cm³/mol. The molecule has 0 N–H and O–H groups in total. The largest absolute Gasteiger partial charge is 0.500 e. The number of alkyl halides is 5. The van der Waals surface area contributed by atoms with Gasteiger partial charge in [0, 0.05) is 10.3 Å². The Kier molecular flexibility index (Phi) is 5.49. The number of hydrogen-bond donors (Lipinski definition) is 0. The van der Waals surface area contributed by atoms with Gasteiger partial charge in [-0.1, -0.05) is 17.7 Å². The van der Waals surface area contributed by atoms with E-state index in [0.29, 0.717) is 0 Å². The van der Waals surface area contributed by atoms with E-state index in [1.807, 2.05) is 0 Å². The van der Waals surface area contributed by atoms with Crippen LogP contribution < -0.4 is 0 Å². The molecule has 8 heteroatoms. The van der Waals surface area contributed by atoms with Crippen LogP contribution in [0.25, 0.3) is 0 Å². The Hall–Kier alpha value is -1.44. The van der Waals surface area contributed by atoms with Crippen LogP contribution in [0.3, 0.4) is 0 Å². The standard InChI is InChI=1S/C13H13F5O2S/c1-9-3-5-11(6-4-9)21(19)8-10(20-2)7-12(14,15)13(16,17)18/h3-6,8H,7H2,1-2H3/b10-8-/t21-/m1/s1. The van der Waals surface area contributed by atoms with Gasteiger partial charge < -0.3 is 4.74 Å². The maximum atomic E-state index is 12.9. The topological polar surface area (TPSA) is 26.3 Å². The maximum Gasteiger partial charge on any atom is 0.453 e. The molecule has 1 aromatic rings. The predicted octanol–water partition coefficient (Wildman–Crippen LogP) is 4.18. The highest BCUT2D eigenvalue weighted by atomic mass is 32.2. The first-order chi connectivity index (χ1) is 9.56. The lowest BCUT2D eigenvalue weighted by molar-refractivity contribution is -0.283. The number of allylic oxidation sites excluding steroid dienone is 1. The third kappa shape index (κ3) is 4.80. The summed E-state index contributed by atoms with van der Waals surface area (Å²) in [6.45, 7) is 1.80. The second-order valence-corrected chi connectivity index (χ2v) is 5.58. The number of halogens is 5. The average molecular weight is 328 g/mol. The zero-order valence-electron chi connectivity index (χ0n) is 11.2. The Morgan fingerprint density at radius 1 is 1.19 bits per heavy atom. The highest BCUT2D eigenvalue weighted by molar-refractivity contribution is 7.88. The lowest BCUT2D eigenvalue weighted by Crippen LogP contribution is -2.36. The molecule has 2 nitrogen and oxygen atoms in total. The van der Waals surface area contributed by atoms with Crippen LogP contribution in [0.1, 0.15) is 12.0 Å². The van der Waals surface area contributed by atoms with Gasteiger partial charge in [0.2, 0.25) is 0 Å². The summed E-state index contributed by atoms with van der Waals surface area (Å²) < 4.78 is 78.6. The minimum atomic E-state index is -5.68. The molecule has 0 aliphatic carbocycles. The van der Waals surface area contributed by atoms with E-state index in [4.69, 9.17) is 0 Å². The van der Waals surface area contributed by atoms with Crippen molar-refractivity contribution in [1.29, 1.82) is 0 Å². The number of hydrogen-bond acceptors (Lipinski definition) is 2. The van der Waals surface area contributed by atoms with Gasteiger partial charge in [0.15, 0.2) is 0 Å². The van der Waals surface area contributed by atoms with Gasteiger partial charge in [-0.05, 0) is 19.1 Å². The minimum absolute atomic E-state index is 0.283. The van der Waals surface area contributed by atoms with Gasteiger partial charge >= 0.3 is 12.1 Å². The van der Waals surface area contributed by atoms with Crippen LogP contribution in [0.4, 0.5) is 22.0 Å². The number of methoxy groups -OCH3 is 1.